The van der Waals surface area contributed by atoms with Gasteiger partial charge in [0.05, 0.1) is 5.97 Å². The van der Waals surface area contributed by atoms with E-state index in [1.807, 2.05) is 24.3 Å². The summed E-state index contributed by atoms with van der Waals surface area (Å²) in [5.74, 6) is -2.24. The third kappa shape index (κ3) is 9.92. The number of hydrogen-bond donors (Lipinski definition) is 1. The number of aliphatic hydroxyl groups is 1. The molecule has 0 saturated heterocycles. The molecule has 216 valence electrons. The summed E-state index contributed by atoms with van der Waals surface area (Å²) in [5, 5.41) is 26.4. The zero-order valence-electron chi connectivity index (χ0n) is 24.8. The number of carboxylic acids is 1. The predicted molar refractivity (Wildman–Crippen MR) is 161 cm³/mol. The number of aliphatic carboxylic acids is 1. The molecule has 0 unspecified atom stereocenters. The van der Waals surface area contributed by atoms with E-state index in [0.717, 1.165) is 44.9 Å². The van der Waals surface area contributed by atoms with Crippen LogP contribution in [0.2, 0.25) is 0 Å². The van der Waals surface area contributed by atoms with Crippen molar-refractivity contribution in [1.29, 1.82) is 0 Å². The van der Waals surface area contributed by atoms with Crippen LogP contribution >= 0.6 is 0 Å². The molecular formula is C35H40NNaO5. The number of carbonyl (C=O) groups excluding carboxylic acids is 2. The maximum absolute atomic E-state index is 13.0. The molecule has 0 heterocycles. The predicted octanol–water partition coefficient (Wildman–Crippen LogP) is 2.08. The van der Waals surface area contributed by atoms with Gasteiger partial charge in [-0.3, -0.25) is 4.79 Å². The Kier molecular flexibility index (Phi) is 14.0. The molecule has 4 rings (SSSR count). The summed E-state index contributed by atoms with van der Waals surface area (Å²) in [6.45, 7) is 0.653. The van der Waals surface area contributed by atoms with E-state index in [-0.39, 0.29) is 36.2 Å². The summed E-state index contributed by atoms with van der Waals surface area (Å²) in [5.41, 5.74) is 2.56. The van der Waals surface area contributed by atoms with Crippen LogP contribution in [-0.4, -0.2) is 54.3 Å². The molecule has 4 aromatic carbocycles. The fourth-order valence-corrected chi connectivity index (χ4v) is 5.21. The molecule has 0 spiro atoms. The number of hydrogen-bond acceptors (Lipinski definition) is 5. The van der Waals surface area contributed by atoms with Crippen molar-refractivity contribution in [2.24, 2.45) is 0 Å². The van der Waals surface area contributed by atoms with Crippen LogP contribution in [0, 0.1) is 0 Å². The van der Waals surface area contributed by atoms with E-state index >= 15 is 0 Å². The summed E-state index contributed by atoms with van der Waals surface area (Å²) < 4.78 is 5.62. The Hall–Kier alpha value is -2.74. The number of aryl methyl sites for hydroxylation is 2. The third-order valence-corrected chi connectivity index (χ3v) is 7.64. The molecule has 6 nitrogen and oxygen atoms in total. The molecule has 2 atom stereocenters. The molecule has 7 heteroatoms. The van der Waals surface area contributed by atoms with Gasteiger partial charge in [0.1, 0.15) is 6.10 Å². The molecule has 0 aliphatic rings. The average Bonchev–Trinajstić information content (AvgIpc) is 2.99. The monoisotopic (exact) mass is 577 g/mol. The number of unbranched alkanes of at least 4 members (excludes halogenated alkanes) is 4. The number of ether oxygens (including phenoxy) is 1. The third-order valence-electron chi connectivity index (χ3n) is 7.64. The Morgan fingerprint density at radius 1 is 0.738 bits per heavy atom. The molecule has 0 fully saturated rings. The first-order valence-electron chi connectivity index (χ1n) is 14.6. The van der Waals surface area contributed by atoms with Gasteiger partial charge in [-0.1, -0.05) is 97.8 Å². The number of carboxylic acid groups (broad SMARTS) is 1. The number of nitrogens with zero attached hydrogens (tertiary/aromatic N) is 1. The summed E-state index contributed by atoms with van der Waals surface area (Å²) in [6.07, 6.45) is 3.58. The minimum absolute atomic E-state index is 0. The van der Waals surface area contributed by atoms with Gasteiger partial charge in [0.15, 0.2) is 6.10 Å². The molecule has 0 aliphatic heterocycles. The second-order valence-corrected chi connectivity index (χ2v) is 10.8. The molecule has 0 saturated carbocycles. The zero-order chi connectivity index (χ0) is 29.0. The number of rotatable bonds is 16. The zero-order valence-corrected chi connectivity index (χ0v) is 26.8. The van der Waals surface area contributed by atoms with Crippen LogP contribution in [0.15, 0.2) is 84.9 Å². The van der Waals surface area contributed by atoms with Crippen LogP contribution in [0.5, 0.6) is 0 Å². The van der Waals surface area contributed by atoms with E-state index in [9.17, 15) is 19.8 Å². The Morgan fingerprint density at radius 2 is 1.24 bits per heavy atom. The van der Waals surface area contributed by atoms with Gasteiger partial charge in [0, 0.05) is 20.2 Å². The fourth-order valence-electron chi connectivity index (χ4n) is 5.21. The number of likely N-dealkylation sites (N-methyl/N-ethyl adjacent to an activating group) is 1. The fraction of sp³-hybridized carbons (Fsp3) is 0.371. The number of benzene rings is 4. The minimum atomic E-state index is -2.00. The van der Waals surface area contributed by atoms with Gasteiger partial charge in [0.2, 0.25) is 0 Å². The molecular weight excluding hydrogens is 537 g/mol. The quantitative estimate of drug-likeness (QED) is 0.163. The van der Waals surface area contributed by atoms with E-state index in [1.54, 1.807) is 7.05 Å². The smallest absolute Gasteiger partial charge is 0.547 e. The molecule has 1 N–H and O–H groups in total. The van der Waals surface area contributed by atoms with Crippen LogP contribution in [-0.2, 0) is 27.2 Å². The van der Waals surface area contributed by atoms with Gasteiger partial charge >= 0.3 is 29.6 Å². The molecule has 1 amide bonds. The first kappa shape index (κ1) is 33.8. The van der Waals surface area contributed by atoms with Gasteiger partial charge in [-0.25, -0.2) is 0 Å². The van der Waals surface area contributed by atoms with E-state index in [1.165, 1.54) is 37.6 Å². The molecule has 42 heavy (non-hydrogen) atoms. The Morgan fingerprint density at radius 3 is 1.76 bits per heavy atom. The Bertz CT molecular complexity index is 1440. The van der Waals surface area contributed by atoms with Crippen LogP contribution in [0.3, 0.4) is 0 Å². The summed E-state index contributed by atoms with van der Waals surface area (Å²) in [6, 6.07) is 29.6. The van der Waals surface area contributed by atoms with Gasteiger partial charge in [-0.15, -0.1) is 0 Å². The largest absolute Gasteiger partial charge is 1.00 e. The van der Waals surface area contributed by atoms with E-state index in [0.29, 0.717) is 13.0 Å². The second-order valence-electron chi connectivity index (χ2n) is 10.8. The summed E-state index contributed by atoms with van der Waals surface area (Å²) in [7, 11) is 1.62. The van der Waals surface area contributed by atoms with E-state index in [2.05, 4.69) is 60.7 Å². The number of amides is 1. The molecule has 0 radical (unpaired) electrons. The van der Waals surface area contributed by atoms with Crippen LogP contribution in [0.4, 0.5) is 0 Å². The van der Waals surface area contributed by atoms with Crippen LogP contribution in [0.1, 0.15) is 49.7 Å². The number of fused-ring (bicyclic) bond motifs is 2. The normalized spacial score (nSPS) is 12.5. The molecule has 0 bridgehead atoms. The average molecular weight is 578 g/mol. The van der Waals surface area contributed by atoms with Crippen LogP contribution in [0.25, 0.3) is 21.5 Å². The van der Waals surface area contributed by atoms with Crippen molar-refractivity contribution < 1.29 is 54.1 Å². The van der Waals surface area contributed by atoms with E-state index < -0.39 is 24.1 Å². The SMILES string of the molecule is CN(CCCCCc1ccc2ccccc2c1)C(=O)[C@H](OCCCCCc1ccc2ccccc2c1)[C@@H](O)C(=O)[O-].[Na+]. The number of carbonyl (C=O) groups is 2. The van der Waals surface area contributed by atoms with Crippen molar-refractivity contribution in [1.82, 2.24) is 4.90 Å². The first-order valence-corrected chi connectivity index (χ1v) is 14.6. The first-order chi connectivity index (χ1) is 19.9. The Balaban J connectivity index is 0.00000484. The molecule has 0 aromatic heterocycles. The van der Waals surface area contributed by atoms with Crippen molar-refractivity contribution in [3.63, 3.8) is 0 Å². The standard InChI is InChI=1S/C35H41NO5.Na/c1-36(22-10-2-4-12-26-18-20-28-14-6-8-16-30(28)24-26)34(38)33(32(37)35(39)40)41-23-11-3-5-13-27-19-21-29-15-7-9-17-31(29)25-27;/h6-9,14-21,24-25,32-33,37H,2-5,10-13,22-23H2,1H3,(H,39,40);/q;+1/p-1/t32-,33-;/m1./s1. The minimum Gasteiger partial charge on any atom is -0.547 e. The maximum atomic E-state index is 13.0. The second kappa shape index (κ2) is 17.4. The molecule has 4 aromatic rings. The van der Waals surface area contributed by atoms with Crippen LogP contribution < -0.4 is 34.7 Å². The summed E-state index contributed by atoms with van der Waals surface area (Å²) >= 11 is 0. The van der Waals surface area contributed by atoms with Crippen molar-refractivity contribution in [2.75, 3.05) is 20.2 Å². The van der Waals surface area contributed by atoms with Crippen molar-refractivity contribution in [3.05, 3.63) is 96.1 Å². The topological polar surface area (TPSA) is 89.9 Å². The van der Waals surface area contributed by atoms with Gasteiger partial charge < -0.3 is 24.6 Å². The van der Waals surface area contributed by atoms with Gasteiger partial charge in [-0.05, 0) is 71.2 Å². The number of aliphatic hydroxyl groups excluding tert-OH is 1. The summed E-state index contributed by atoms with van der Waals surface area (Å²) in [4.78, 5) is 25.8. The maximum Gasteiger partial charge on any atom is 1.00 e. The van der Waals surface area contributed by atoms with E-state index in [4.69, 9.17) is 4.74 Å². The molecule has 0 aliphatic carbocycles. The van der Waals surface area contributed by atoms with Crippen molar-refractivity contribution >= 4 is 33.4 Å². The van der Waals surface area contributed by atoms with Gasteiger partial charge in [0.25, 0.3) is 5.91 Å². The Labute approximate surface area is 271 Å². The van der Waals surface area contributed by atoms with Crippen molar-refractivity contribution in [3.8, 4) is 0 Å². The van der Waals surface area contributed by atoms with Gasteiger partial charge in [-0.2, -0.15) is 0 Å². The van der Waals surface area contributed by atoms with Crippen molar-refractivity contribution in [2.45, 2.75) is 63.6 Å².